The molecule has 2 heteroatoms. The number of hydrogen-bond acceptors (Lipinski definition) is 0. The van der Waals surface area contributed by atoms with E-state index in [1.54, 1.807) is 0 Å². The van der Waals surface area contributed by atoms with Gasteiger partial charge < -0.3 is 0 Å². The summed E-state index contributed by atoms with van der Waals surface area (Å²) in [6.07, 6.45) is 8.68. The van der Waals surface area contributed by atoms with Crippen LogP contribution in [-0.4, -0.2) is 8.07 Å². The van der Waals surface area contributed by atoms with Crippen molar-refractivity contribution >= 4 is 8.07 Å². The molecule has 0 heterocycles. The SMILES string of the molecule is C[Si](C)(C)CC1=C[CH]C=C1.[Hf]. The van der Waals surface area contributed by atoms with Crippen LogP contribution in [-0.2, 0) is 25.8 Å². The van der Waals surface area contributed by atoms with Gasteiger partial charge in [0.25, 0.3) is 0 Å². The van der Waals surface area contributed by atoms with E-state index in [4.69, 9.17) is 0 Å². The third kappa shape index (κ3) is 4.91. The molecule has 0 aromatic rings. The second-order valence-corrected chi connectivity index (χ2v) is 9.51. The Morgan fingerprint density at radius 1 is 1.27 bits per heavy atom. The molecule has 1 aliphatic carbocycles. The van der Waals surface area contributed by atoms with Crippen molar-refractivity contribution in [2.45, 2.75) is 25.7 Å². The molecule has 0 aromatic carbocycles. The largest absolute Gasteiger partial charge is 0.0764 e. The van der Waals surface area contributed by atoms with Gasteiger partial charge in [-0.05, 0) is 6.04 Å². The summed E-state index contributed by atoms with van der Waals surface area (Å²) in [6, 6.07) is 1.32. The number of rotatable bonds is 2. The summed E-state index contributed by atoms with van der Waals surface area (Å²) in [5.41, 5.74) is 1.51. The summed E-state index contributed by atoms with van der Waals surface area (Å²) in [6.45, 7) is 7.21. The molecule has 0 amide bonds. The van der Waals surface area contributed by atoms with Crippen LogP contribution in [0.15, 0.2) is 23.8 Å². The van der Waals surface area contributed by atoms with Gasteiger partial charge in [-0.1, -0.05) is 43.4 Å². The van der Waals surface area contributed by atoms with Crippen LogP contribution in [0.3, 0.4) is 0 Å². The van der Waals surface area contributed by atoms with Gasteiger partial charge in [0.05, 0.1) is 0 Å². The minimum atomic E-state index is -0.862. The summed E-state index contributed by atoms with van der Waals surface area (Å²) in [7, 11) is -0.862. The van der Waals surface area contributed by atoms with Crippen LogP contribution in [0.2, 0.25) is 25.7 Å². The van der Waals surface area contributed by atoms with Gasteiger partial charge in [-0.25, -0.2) is 0 Å². The predicted octanol–water partition coefficient (Wildman–Crippen LogP) is 3.02. The fourth-order valence-electron chi connectivity index (χ4n) is 1.14. The Morgan fingerprint density at radius 2 is 1.91 bits per heavy atom. The molecule has 0 aromatic heterocycles. The second kappa shape index (κ2) is 4.56. The van der Waals surface area contributed by atoms with Gasteiger partial charge in [0.15, 0.2) is 0 Å². The molecule has 0 saturated carbocycles. The van der Waals surface area contributed by atoms with Crippen LogP contribution >= 0.6 is 0 Å². The van der Waals surface area contributed by atoms with E-state index in [2.05, 4.69) is 44.3 Å². The van der Waals surface area contributed by atoms with E-state index in [1.165, 1.54) is 11.6 Å². The topological polar surface area (TPSA) is 0 Å². The quantitative estimate of drug-likeness (QED) is 0.683. The Balaban J connectivity index is 0.000001000. The van der Waals surface area contributed by atoms with E-state index < -0.39 is 8.07 Å². The Labute approximate surface area is 89.6 Å². The summed E-state index contributed by atoms with van der Waals surface area (Å²) >= 11 is 0. The number of allylic oxidation sites excluding steroid dienone is 4. The van der Waals surface area contributed by atoms with Gasteiger partial charge in [0.2, 0.25) is 0 Å². The molecule has 1 aliphatic rings. The summed E-state index contributed by atoms with van der Waals surface area (Å²) in [4.78, 5) is 0. The standard InChI is InChI=1S/C9H15Si.Hf/c1-10(2,3)8-9-6-4-5-7-9;/h4-7H,8H2,1-3H3;. The fourth-order valence-corrected chi connectivity index (χ4v) is 2.60. The third-order valence-corrected chi connectivity index (χ3v) is 2.94. The summed E-state index contributed by atoms with van der Waals surface area (Å²) in [5, 5.41) is 0. The van der Waals surface area contributed by atoms with Crippen LogP contribution in [0.4, 0.5) is 0 Å². The molecule has 0 nitrogen and oxygen atoms in total. The molecule has 0 N–H and O–H groups in total. The van der Waals surface area contributed by atoms with Crippen molar-refractivity contribution in [3.63, 3.8) is 0 Å². The molecule has 0 saturated heterocycles. The second-order valence-electron chi connectivity index (χ2n) is 4.03. The molecule has 1 radical (unpaired) electrons. The average molecular weight is 330 g/mol. The normalized spacial score (nSPS) is 16.1. The van der Waals surface area contributed by atoms with E-state index in [1.807, 2.05) is 0 Å². The molecule has 11 heavy (non-hydrogen) atoms. The van der Waals surface area contributed by atoms with Gasteiger partial charge >= 0.3 is 0 Å². The molecule has 0 fully saturated rings. The first-order valence-corrected chi connectivity index (χ1v) is 7.49. The van der Waals surface area contributed by atoms with Crippen LogP contribution in [0, 0.1) is 6.42 Å². The third-order valence-electron chi connectivity index (χ3n) is 1.47. The fraction of sp³-hybridized carbons (Fsp3) is 0.444. The van der Waals surface area contributed by atoms with E-state index in [0.717, 1.165) is 0 Å². The van der Waals surface area contributed by atoms with Crippen LogP contribution in [0.5, 0.6) is 0 Å². The Hall–Kier alpha value is 0.567. The van der Waals surface area contributed by atoms with E-state index in [9.17, 15) is 0 Å². The molecule has 59 valence electrons. The zero-order valence-electron chi connectivity index (χ0n) is 7.52. The molecular formula is C9H15HfSi. The molecule has 0 aliphatic heterocycles. The van der Waals surface area contributed by atoms with E-state index >= 15 is 0 Å². The number of hydrogen-bond donors (Lipinski definition) is 0. The van der Waals surface area contributed by atoms with Crippen molar-refractivity contribution in [3.8, 4) is 0 Å². The van der Waals surface area contributed by atoms with Gasteiger partial charge in [0.1, 0.15) is 0 Å². The molecule has 1 rings (SSSR count). The smallest absolute Gasteiger partial charge is 0.0486 e. The molecule has 0 atom stereocenters. The van der Waals surface area contributed by atoms with Crippen molar-refractivity contribution in [2.75, 3.05) is 0 Å². The van der Waals surface area contributed by atoms with Gasteiger partial charge in [0, 0.05) is 40.3 Å². The van der Waals surface area contributed by atoms with Crippen LogP contribution in [0.25, 0.3) is 0 Å². The molecule has 0 spiro atoms. The summed E-state index contributed by atoms with van der Waals surface area (Å²) < 4.78 is 0. The summed E-state index contributed by atoms with van der Waals surface area (Å²) in [5.74, 6) is 0. The van der Waals surface area contributed by atoms with Gasteiger partial charge in [-0.3, -0.25) is 0 Å². The predicted molar refractivity (Wildman–Crippen MR) is 49.7 cm³/mol. The molecule has 0 unspecified atom stereocenters. The first-order valence-electron chi connectivity index (χ1n) is 3.78. The Kier molecular flexibility index (Phi) is 4.79. The minimum Gasteiger partial charge on any atom is -0.0764 e. The van der Waals surface area contributed by atoms with Crippen molar-refractivity contribution in [1.82, 2.24) is 0 Å². The van der Waals surface area contributed by atoms with Crippen molar-refractivity contribution in [1.29, 1.82) is 0 Å². The van der Waals surface area contributed by atoms with E-state index in [-0.39, 0.29) is 25.8 Å². The maximum absolute atomic E-state index is 2.40. The van der Waals surface area contributed by atoms with Crippen molar-refractivity contribution in [3.05, 3.63) is 30.2 Å². The molecular weight excluding hydrogens is 315 g/mol. The van der Waals surface area contributed by atoms with Crippen molar-refractivity contribution in [2.24, 2.45) is 0 Å². The zero-order chi connectivity index (χ0) is 7.61. The Morgan fingerprint density at radius 3 is 2.27 bits per heavy atom. The maximum Gasteiger partial charge on any atom is 0.0486 e. The van der Waals surface area contributed by atoms with Crippen LogP contribution < -0.4 is 0 Å². The Bertz CT molecular complexity index is 174. The van der Waals surface area contributed by atoms with E-state index in [0.29, 0.717) is 0 Å². The van der Waals surface area contributed by atoms with Gasteiger partial charge in [-0.15, -0.1) is 0 Å². The van der Waals surface area contributed by atoms with Crippen molar-refractivity contribution < 1.29 is 25.8 Å². The average Bonchev–Trinajstić information content (AvgIpc) is 2.12. The zero-order valence-corrected chi connectivity index (χ0v) is 12.1. The van der Waals surface area contributed by atoms with Crippen LogP contribution in [0.1, 0.15) is 0 Å². The molecule has 0 bridgehead atoms. The van der Waals surface area contributed by atoms with Gasteiger partial charge in [-0.2, -0.15) is 0 Å². The first-order chi connectivity index (χ1) is 4.58. The monoisotopic (exact) mass is 331 g/mol. The first kappa shape index (κ1) is 11.6. The minimum absolute atomic E-state index is 0. The maximum atomic E-state index is 2.40.